The predicted octanol–water partition coefficient (Wildman–Crippen LogP) is 2.49. The Bertz CT molecular complexity index is 1020. The Balaban J connectivity index is 1.98. The Kier molecular flexibility index (Phi) is 3.51. The summed E-state index contributed by atoms with van der Waals surface area (Å²) in [6.45, 7) is 0.991. The number of rotatable bonds is 4. The van der Waals surface area contributed by atoms with Crippen molar-refractivity contribution in [2.75, 3.05) is 34.3 Å². The van der Waals surface area contributed by atoms with Gasteiger partial charge < -0.3 is 14.6 Å². The maximum atomic E-state index is 13.0. The van der Waals surface area contributed by atoms with E-state index >= 15 is 0 Å². The minimum absolute atomic E-state index is 0.237. The third kappa shape index (κ3) is 2.21. The molecule has 0 saturated heterocycles. The minimum atomic E-state index is -0.257. The van der Waals surface area contributed by atoms with Gasteiger partial charge in [0, 0.05) is 29.4 Å². The zero-order chi connectivity index (χ0) is 17.7. The van der Waals surface area contributed by atoms with Crippen LogP contribution in [-0.4, -0.2) is 60.9 Å². The molecule has 2 amide bonds. The molecule has 6 nitrogen and oxygen atoms in total. The summed E-state index contributed by atoms with van der Waals surface area (Å²) in [7, 11) is 5.40. The zero-order valence-corrected chi connectivity index (χ0v) is 14.4. The van der Waals surface area contributed by atoms with E-state index in [0.29, 0.717) is 30.0 Å². The van der Waals surface area contributed by atoms with Gasteiger partial charge >= 0.3 is 0 Å². The van der Waals surface area contributed by atoms with Gasteiger partial charge in [-0.05, 0) is 26.2 Å². The van der Waals surface area contributed by atoms with Crippen LogP contribution in [0.1, 0.15) is 20.7 Å². The van der Waals surface area contributed by atoms with Gasteiger partial charge in [0.1, 0.15) is 5.75 Å². The molecule has 0 unspecified atom stereocenters. The average molecular weight is 337 g/mol. The number of likely N-dealkylation sites (N-methyl/N-ethyl adjacent to an activating group) is 1. The summed E-state index contributed by atoms with van der Waals surface area (Å²) < 4.78 is 5.48. The normalized spacial score (nSPS) is 14.2. The molecule has 4 rings (SSSR count). The summed E-state index contributed by atoms with van der Waals surface area (Å²) in [5.41, 5.74) is 2.55. The predicted molar refractivity (Wildman–Crippen MR) is 96.3 cm³/mol. The van der Waals surface area contributed by atoms with Crippen LogP contribution >= 0.6 is 0 Å². The van der Waals surface area contributed by atoms with Crippen LogP contribution < -0.4 is 4.74 Å². The Morgan fingerprint density at radius 3 is 2.64 bits per heavy atom. The molecule has 0 bridgehead atoms. The molecule has 2 heterocycles. The maximum Gasteiger partial charge on any atom is 0.262 e. The first kappa shape index (κ1) is 15.7. The van der Waals surface area contributed by atoms with E-state index in [1.165, 1.54) is 4.90 Å². The van der Waals surface area contributed by atoms with Gasteiger partial charge in [-0.25, -0.2) is 0 Å². The van der Waals surface area contributed by atoms with Gasteiger partial charge in [-0.2, -0.15) is 0 Å². The molecule has 1 aromatic heterocycles. The SMILES string of the molecule is COc1cc2c(c3c1[nH]c1ccccc13)C(=O)N(CCN(C)C)C2=O. The summed E-state index contributed by atoms with van der Waals surface area (Å²) in [4.78, 5) is 32.4. The monoisotopic (exact) mass is 337 g/mol. The van der Waals surface area contributed by atoms with Crippen LogP contribution in [0.3, 0.4) is 0 Å². The molecule has 1 N–H and O–H groups in total. The number of methoxy groups -OCH3 is 1. The van der Waals surface area contributed by atoms with Gasteiger partial charge in [0.15, 0.2) is 0 Å². The number of carbonyl (C=O) groups excluding carboxylic acids is 2. The summed E-state index contributed by atoms with van der Waals surface area (Å²) >= 11 is 0. The van der Waals surface area contributed by atoms with Crippen molar-refractivity contribution in [1.29, 1.82) is 0 Å². The van der Waals surface area contributed by atoms with Crippen LogP contribution in [0.15, 0.2) is 30.3 Å². The van der Waals surface area contributed by atoms with E-state index in [0.717, 1.165) is 21.8 Å². The molecule has 3 aromatic rings. The van der Waals surface area contributed by atoms with E-state index in [2.05, 4.69) is 4.98 Å². The van der Waals surface area contributed by atoms with Crippen molar-refractivity contribution >= 4 is 33.6 Å². The number of aromatic nitrogens is 1. The van der Waals surface area contributed by atoms with Crippen LogP contribution in [0.5, 0.6) is 5.75 Å². The number of nitrogens with zero attached hydrogens (tertiary/aromatic N) is 2. The van der Waals surface area contributed by atoms with E-state index in [4.69, 9.17) is 4.74 Å². The molecule has 1 aliphatic heterocycles. The van der Waals surface area contributed by atoms with Gasteiger partial charge in [0.2, 0.25) is 0 Å². The maximum absolute atomic E-state index is 13.0. The highest BCUT2D eigenvalue weighted by Gasteiger charge is 2.38. The van der Waals surface area contributed by atoms with E-state index in [-0.39, 0.29) is 11.8 Å². The topological polar surface area (TPSA) is 65.6 Å². The number of para-hydroxylation sites is 1. The van der Waals surface area contributed by atoms with Crippen molar-refractivity contribution in [2.24, 2.45) is 0 Å². The first-order chi connectivity index (χ1) is 12.0. The lowest BCUT2D eigenvalue weighted by molar-refractivity contribution is 0.0645. The molecule has 0 saturated carbocycles. The van der Waals surface area contributed by atoms with Gasteiger partial charge in [-0.3, -0.25) is 14.5 Å². The van der Waals surface area contributed by atoms with Crippen molar-refractivity contribution in [3.05, 3.63) is 41.5 Å². The summed E-state index contributed by atoms with van der Waals surface area (Å²) in [6, 6.07) is 9.43. The highest BCUT2D eigenvalue weighted by molar-refractivity contribution is 6.30. The van der Waals surface area contributed by atoms with E-state index in [1.54, 1.807) is 13.2 Å². The molecular weight excluding hydrogens is 318 g/mol. The van der Waals surface area contributed by atoms with Gasteiger partial charge in [-0.1, -0.05) is 18.2 Å². The number of H-pyrrole nitrogens is 1. The molecule has 2 aromatic carbocycles. The van der Waals surface area contributed by atoms with E-state index < -0.39 is 0 Å². The van der Waals surface area contributed by atoms with E-state index in [1.807, 2.05) is 43.3 Å². The number of aromatic amines is 1. The third-order valence-electron chi connectivity index (χ3n) is 4.67. The minimum Gasteiger partial charge on any atom is -0.495 e. The van der Waals surface area contributed by atoms with Crippen molar-refractivity contribution < 1.29 is 14.3 Å². The van der Waals surface area contributed by atoms with E-state index in [9.17, 15) is 9.59 Å². The molecule has 0 spiro atoms. The molecular formula is C19H19N3O3. The highest BCUT2D eigenvalue weighted by Crippen LogP contribution is 2.40. The number of nitrogens with one attached hydrogen (secondary N) is 1. The number of imide groups is 1. The van der Waals surface area contributed by atoms with Gasteiger partial charge in [0.05, 0.1) is 23.8 Å². The van der Waals surface area contributed by atoms with Gasteiger partial charge in [-0.15, -0.1) is 0 Å². The second-order valence-corrected chi connectivity index (χ2v) is 6.49. The molecule has 1 aliphatic rings. The molecule has 0 aliphatic carbocycles. The van der Waals surface area contributed by atoms with Gasteiger partial charge in [0.25, 0.3) is 11.8 Å². The number of fused-ring (bicyclic) bond motifs is 5. The lowest BCUT2D eigenvalue weighted by Crippen LogP contribution is -2.35. The Hall–Kier alpha value is -2.86. The quantitative estimate of drug-likeness (QED) is 0.743. The molecule has 0 fully saturated rings. The first-order valence-corrected chi connectivity index (χ1v) is 8.15. The number of carbonyl (C=O) groups is 2. The van der Waals surface area contributed by atoms with Crippen molar-refractivity contribution in [3.8, 4) is 5.75 Å². The molecule has 128 valence electrons. The second-order valence-electron chi connectivity index (χ2n) is 6.49. The summed E-state index contributed by atoms with van der Waals surface area (Å²) in [6.07, 6.45) is 0. The molecule has 6 heteroatoms. The van der Waals surface area contributed by atoms with Crippen LogP contribution in [0.25, 0.3) is 21.8 Å². The van der Waals surface area contributed by atoms with Crippen molar-refractivity contribution in [1.82, 2.24) is 14.8 Å². The zero-order valence-electron chi connectivity index (χ0n) is 14.4. The van der Waals surface area contributed by atoms with Crippen molar-refractivity contribution in [2.45, 2.75) is 0 Å². The van der Waals surface area contributed by atoms with Crippen LogP contribution in [0, 0.1) is 0 Å². The lowest BCUT2D eigenvalue weighted by atomic mass is 10.0. The van der Waals surface area contributed by atoms with Crippen molar-refractivity contribution in [3.63, 3.8) is 0 Å². The summed E-state index contributed by atoms with van der Waals surface area (Å²) in [5.74, 6) is 0.0761. The Morgan fingerprint density at radius 1 is 1.16 bits per heavy atom. The fourth-order valence-electron chi connectivity index (χ4n) is 3.42. The average Bonchev–Trinajstić information content (AvgIpc) is 3.09. The number of hydrogen-bond acceptors (Lipinski definition) is 4. The third-order valence-corrected chi connectivity index (χ3v) is 4.67. The second kappa shape index (κ2) is 5.60. The number of ether oxygens (including phenoxy) is 1. The largest absolute Gasteiger partial charge is 0.495 e. The Labute approximate surface area is 145 Å². The molecule has 0 radical (unpaired) electrons. The van der Waals surface area contributed by atoms with Crippen LogP contribution in [0.4, 0.5) is 0 Å². The standard InChI is InChI=1S/C19H19N3O3/c1-21(2)8-9-22-18(23)12-10-14(25-3)17-15(16(12)19(22)24)11-6-4-5-7-13(11)20-17/h4-7,10,20H,8-9H2,1-3H3. The number of benzene rings is 2. The van der Waals surface area contributed by atoms with Crippen LogP contribution in [0.2, 0.25) is 0 Å². The lowest BCUT2D eigenvalue weighted by Gasteiger charge is -2.16. The molecule has 0 atom stereocenters. The number of hydrogen-bond donors (Lipinski definition) is 1. The van der Waals surface area contributed by atoms with Crippen LogP contribution in [-0.2, 0) is 0 Å². The smallest absolute Gasteiger partial charge is 0.262 e. The fraction of sp³-hybridized carbons (Fsp3) is 0.263. The Morgan fingerprint density at radius 2 is 1.92 bits per heavy atom. The number of amides is 2. The fourth-order valence-corrected chi connectivity index (χ4v) is 3.42. The molecule has 25 heavy (non-hydrogen) atoms. The first-order valence-electron chi connectivity index (χ1n) is 8.15. The highest BCUT2D eigenvalue weighted by atomic mass is 16.5. The summed E-state index contributed by atoms with van der Waals surface area (Å²) in [5, 5.41) is 1.68.